The highest BCUT2D eigenvalue weighted by atomic mass is 32.3. The molecular formula is C5H12O6S2. The lowest BCUT2D eigenvalue weighted by atomic mass is 10.5. The van der Waals surface area contributed by atoms with Crippen molar-refractivity contribution in [1.82, 2.24) is 0 Å². The molecule has 0 radical (unpaired) electrons. The molecule has 0 bridgehead atoms. The fraction of sp³-hybridized carbons (Fsp3) is 1.00. The van der Waals surface area contributed by atoms with E-state index < -0.39 is 24.8 Å². The van der Waals surface area contributed by atoms with Gasteiger partial charge in [-0.3, -0.25) is 8.74 Å². The van der Waals surface area contributed by atoms with Crippen LogP contribution in [0, 0.1) is 0 Å². The van der Waals surface area contributed by atoms with Crippen LogP contribution < -0.4 is 0 Å². The largest absolute Gasteiger partial charge is 0.287 e. The van der Waals surface area contributed by atoms with Gasteiger partial charge in [0, 0.05) is 0 Å². The minimum absolute atomic E-state index is 0.0950. The van der Waals surface area contributed by atoms with E-state index in [1.807, 2.05) is 0 Å². The maximum Gasteiger partial charge on any atom is 0.287 e. The first-order chi connectivity index (χ1) is 5.72. The first kappa shape index (κ1) is 12.8. The van der Waals surface area contributed by atoms with Crippen molar-refractivity contribution in [3.05, 3.63) is 0 Å². The van der Waals surface area contributed by atoms with Gasteiger partial charge in [0.1, 0.15) is 0 Å². The van der Waals surface area contributed by atoms with Crippen molar-refractivity contribution in [2.24, 2.45) is 0 Å². The highest BCUT2D eigenvalue weighted by molar-refractivity contribution is 8.04. The Labute approximate surface area is 77.8 Å². The molecule has 1 unspecified atom stereocenters. The summed E-state index contributed by atoms with van der Waals surface area (Å²) in [5.41, 5.74) is 0. The van der Waals surface area contributed by atoms with Gasteiger partial charge in [0.15, 0.2) is 0 Å². The SMILES string of the molecule is CCCOS(=O)(=O)C(C)S(=O)(=O)O. The van der Waals surface area contributed by atoms with Crippen LogP contribution in [0.15, 0.2) is 0 Å². The maximum atomic E-state index is 11.0. The lowest BCUT2D eigenvalue weighted by molar-refractivity contribution is 0.315. The first-order valence-corrected chi connectivity index (χ1v) is 6.54. The highest BCUT2D eigenvalue weighted by Crippen LogP contribution is 2.09. The van der Waals surface area contributed by atoms with Gasteiger partial charge in [-0.1, -0.05) is 6.92 Å². The molecule has 0 aromatic carbocycles. The highest BCUT2D eigenvalue weighted by Gasteiger charge is 2.32. The van der Waals surface area contributed by atoms with Crippen molar-refractivity contribution in [2.45, 2.75) is 24.9 Å². The second-order valence-corrected chi connectivity index (χ2v) is 6.36. The number of hydrogen-bond donors (Lipinski definition) is 1. The van der Waals surface area contributed by atoms with E-state index in [1.165, 1.54) is 0 Å². The Morgan fingerprint density at radius 1 is 1.31 bits per heavy atom. The number of rotatable bonds is 5. The molecule has 0 amide bonds. The third-order valence-electron chi connectivity index (χ3n) is 1.28. The Bertz CT molecular complexity index is 339. The molecule has 0 fully saturated rings. The van der Waals surface area contributed by atoms with Crippen LogP contribution in [0.4, 0.5) is 0 Å². The summed E-state index contributed by atoms with van der Waals surface area (Å²) in [7, 11) is -8.82. The van der Waals surface area contributed by atoms with Gasteiger partial charge in [-0.15, -0.1) is 0 Å². The summed E-state index contributed by atoms with van der Waals surface area (Å²) in [5.74, 6) is 0. The third kappa shape index (κ3) is 4.03. The standard InChI is InChI=1S/C5H12O6S2/c1-3-4-11-13(9,10)5(2)12(6,7)8/h5H,3-4H2,1-2H3,(H,6,7,8). The van der Waals surface area contributed by atoms with E-state index in [0.717, 1.165) is 6.92 Å². The van der Waals surface area contributed by atoms with Gasteiger partial charge < -0.3 is 0 Å². The molecule has 80 valence electrons. The number of hydrogen-bond acceptors (Lipinski definition) is 5. The molecule has 0 rings (SSSR count). The molecule has 8 heteroatoms. The fourth-order valence-electron chi connectivity index (χ4n) is 0.444. The molecule has 0 saturated heterocycles. The fourth-order valence-corrected chi connectivity index (χ4v) is 2.39. The van der Waals surface area contributed by atoms with Crippen molar-refractivity contribution in [1.29, 1.82) is 0 Å². The molecule has 13 heavy (non-hydrogen) atoms. The second-order valence-electron chi connectivity index (χ2n) is 2.40. The van der Waals surface area contributed by atoms with E-state index in [1.54, 1.807) is 6.92 Å². The minimum atomic E-state index is -4.60. The predicted molar refractivity (Wildman–Crippen MR) is 46.2 cm³/mol. The summed E-state index contributed by atoms with van der Waals surface area (Å²) in [6, 6.07) is 0. The Hall–Kier alpha value is -0.180. The van der Waals surface area contributed by atoms with Crippen molar-refractivity contribution in [3.8, 4) is 0 Å². The van der Waals surface area contributed by atoms with Gasteiger partial charge in [-0.2, -0.15) is 16.8 Å². The Morgan fingerprint density at radius 3 is 2.08 bits per heavy atom. The summed E-state index contributed by atoms with van der Waals surface area (Å²) < 4.78 is 53.6. The molecule has 0 heterocycles. The topological polar surface area (TPSA) is 97.7 Å². The molecule has 0 aromatic rings. The molecule has 0 aliphatic heterocycles. The van der Waals surface area contributed by atoms with Crippen molar-refractivity contribution >= 4 is 20.2 Å². The summed E-state index contributed by atoms with van der Waals surface area (Å²) >= 11 is 0. The van der Waals surface area contributed by atoms with Crippen molar-refractivity contribution in [2.75, 3.05) is 6.61 Å². The quantitative estimate of drug-likeness (QED) is 0.528. The van der Waals surface area contributed by atoms with E-state index in [4.69, 9.17) is 4.55 Å². The molecule has 1 atom stereocenters. The molecule has 1 N–H and O–H groups in total. The molecular weight excluding hydrogens is 220 g/mol. The van der Waals surface area contributed by atoms with Crippen molar-refractivity contribution in [3.63, 3.8) is 0 Å². The van der Waals surface area contributed by atoms with Crippen LogP contribution in [-0.2, 0) is 24.4 Å². The summed E-state index contributed by atoms with van der Waals surface area (Å²) in [4.78, 5) is 0. The Morgan fingerprint density at radius 2 is 1.77 bits per heavy atom. The zero-order valence-corrected chi connectivity index (χ0v) is 8.93. The molecule has 0 spiro atoms. The monoisotopic (exact) mass is 232 g/mol. The van der Waals surface area contributed by atoms with Crippen LogP contribution in [0.3, 0.4) is 0 Å². The third-order valence-corrected chi connectivity index (χ3v) is 4.86. The smallest absolute Gasteiger partial charge is 0.284 e. The molecule has 0 aliphatic carbocycles. The van der Waals surface area contributed by atoms with Gasteiger partial charge in [-0.05, 0) is 13.3 Å². The molecule has 0 aromatic heterocycles. The zero-order valence-electron chi connectivity index (χ0n) is 7.30. The predicted octanol–water partition coefficient (Wildman–Crippen LogP) is -0.0234. The lowest BCUT2D eigenvalue weighted by Crippen LogP contribution is -2.28. The van der Waals surface area contributed by atoms with Crippen LogP contribution in [0.2, 0.25) is 0 Å². The summed E-state index contributed by atoms with van der Waals surface area (Å²) in [6.45, 7) is 2.43. The van der Waals surface area contributed by atoms with Crippen LogP contribution >= 0.6 is 0 Å². The average molecular weight is 232 g/mol. The molecule has 6 nitrogen and oxygen atoms in total. The average Bonchev–Trinajstić information content (AvgIpc) is 1.98. The van der Waals surface area contributed by atoms with Gasteiger partial charge >= 0.3 is 0 Å². The van der Waals surface area contributed by atoms with Crippen LogP contribution in [-0.4, -0.2) is 32.6 Å². The van der Waals surface area contributed by atoms with Crippen LogP contribution in [0.5, 0.6) is 0 Å². The van der Waals surface area contributed by atoms with E-state index in [9.17, 15) is 16.8 Å². The lowest BCUT2D eigenvalue weighted by Gasteiger charge is -2.08. The van der Waals surface area contributed by atoms with E-state index in [-0.39, 0.29) is 6.61 Å². The molecule has 0 aliphatic rings. The summed E-state index contributed by atoms with van der Waals surface area (Å²) in [5, 5.41) is 0. The van der Waals surface area contributed by atoms with Gasteiger partial charge in [0.25, 0.3) is 20.2 Å². The molecule has 0 saturated carbocycles. The maximum absolute atomic E-state index is 11.0. The van der Waals surface area contributed by atoms with Crippen LogP contribution in [0.25, 0.3) is 0 Å². The minimum Gasteiger partial charge on any atom is -0.284 e. The van der Waals surface area contributed by atoms with E-state index >= 15 is 0 Å². The van der Waals surface area contributed by atoms with Crippen molar-refractivity contribution < 1.29 is 25.6 Å². The second kappa shape index (κ2) is 4.36. The van der Waals surface area contributed by atoms with Gasteiger partial charge in [0.05, 0.1) is 6.61 Å². The van der Waals surface area contributed by atoms with E-state index in [2.05, 4.69) is 4.18 Å². The van der Waals surface area contributed by atoms with Gasteiger partial charge in [-0.25, -0.2) is 0 Å². The Kier molecular flexibility index (Phi) is 4.30. The van der Waals surface area contributed by atoms with E-state index in [0.29, 0.717) is 6.42 Å². The zero-order chi connectivity index (χ0) is 10.7. The Balaban J connectivity index is 4.67. The summed E-state index contributed by atoms with van der Waals surface area (Å²) in [6.07, 6.45) is 0.442. The van der Waals surface area contributed by atoms with Gasteiger partial charge in [0.2, 0.25) is 4.58 Å². The normalized spacial score (nSPS) is 15.6. The first-order valence-electron chi connectivity index (χ1n) is 3.56. The van der Waals surface area contributed by atoms with Crippen LogP contribution in [0.1, 0.15) is 20.3 Å².